The van der Waals surface area contributed by atoms with Gasteiger partial charge >= 0.3 is 0 Å². The van der Waals surface area contributed by atoms with E-state index in [2.05, 4.69) is 19.1 Å². The van der Waals surface area contributed by atoms with Crippen LogP contribution in [0.5, 0.6) is 0 Å². The predicted molar refractivity (Wildman–Crippen MR) is 86.9 cm³/mol. The third-order valence-electron chi connectivity index (χ3n) is 3.65. The molecule has 0 saturated heterocycles. The minimum atomic E-state index is -0.785. The number of unbranched alkanes of at least 4 members (excludes halogenated alkanes) is 9. The average molecular weight is 282 g/mol. The molecule has 0 spiro atoms. The zero-order chi connectivity index (χ0) is 15.1. The molecule has 0 heterocycles. The Bertz CT molecular complexity index is 244. The van der Waals surface area contributed by atoms with Crippen LogP contribution < -0.4 is 0 Å². The Morgan fingerprint density at radius 3 is 1.95 bits per heavy atom. The van der Waals surface area contributed by atoms with Crippen molar-refractivity contribution in [1.29, 1.82) is 0 Å². The highest BCUT2D eigenvalue weighted by atomic mass is 16.3. The first-order valence-electron chi connectivity index (χ1n) is 8.54. The smallest absolute Gasteiger partial charge is 0.160 e. The molecule has 20 heavy (non-hydrogen) atoms. The molecule has 0 aliphatic carbocycles. The van der Waals surface area contributed by atoms with Gasteiger partial charge in [-0.15, -0.1) is 0 Å². The van der Waals surface area contributed by atoms with Crippen molar-refractivity contribution in [2.75, 3.05) is 0 Å². The van der Waals surface area contributed by atoms with Crippen LogP contribution in [0.15, 0.2) is 12.2 Å². The van der Waals surface area contributed by atoms with Gasteiger partial charge in [0.05, 0.1) is 0 Å². The lowest BCUT2D eigenvalue weighted by atomic mass is 10.1. The van der Waals surface area contributed by atoms with Crippen molar-refractivity contribution >= 4 is 5.78 Å². The first-order chi connectivity index (χ1) is 9.68. The molecular formula is C18H34O2. The Kier molecular flexibility index (Phi) is 14.3. The molecule has 0 fully saturated rings. The number of ketones is 1. The van der Waals surface area contributed by atoms with Gasteiger partial charge in [0.25, 0.3) is 0 Å². The molecule has 0 aliphatic heterocycles. The van der Waals surface area contributed by atoms with E-state index in [0.717, 1.165) is 25.7 Å². The Hall–Kier alpha value is -0.630. The summed E-state index contributed by atoms with van der Waals surface area (Å²) in [6, 6.07) is 0. The molecular weight excluding hydrogens is 248 g/mol. The van der Waals surface area contributed by atoms with Crippen LogP contribution in [-0.2, 0) is 4.79 Å². The predicted octanol–water partition coefficient (Wildman–Crippen LogP) is 5.19. The van der Waals surface area contributed by atoms with E-state index in [0.29, 0.717) is 6.42 Å². The molecule has 0 aliphatic rings. The quantitative estimate of drug-likeness (QED) is 0.351. The Labute approximate surface area is 125 Å². The molecule has 0 aromatic carbocycles. The summed E-state index contributed by atoms with van der Waals surface area (Å²) in [4.78, 5) is 11.2. The van der Waals surface area contributed by atoms with E-state index in [-0.39, 0.29) is 5.78 Å². The van der Waals surface area contributed by atoms with E-state index in [9.17, 15) is 4.79 Å². The third-order valence-corrected chi connectivity index (χ3v) is 3.65. The first-order valence-corrected chi connectivity index (χ1v) is 8.54. The van der Waals surface area contributed by atoms with Crippen molar-refractivity contribution < 1.29 is 9.90 Å². The van der Waals surface area contributed by atoms with Crippen molar-refractivity contribution in [3.05, 3.63) is 12.2 Å². The number of hydrogen-bond acceptors (Lipinski definition) is 2. The van der Waals surface area contributed by atoms with E-state index in [1.54, 1.807) is 6.92 Å². The van der Waals surface area contributed by atoms with Crippen molar-refractivity contribution in [3.63, 3.8) is 0 Å². The number of aliphatic hydroxyl groups excluding tert-OH is 1. The fourth-order valence-electron chi connectivity index (χ4n) is 2.23. The number of carbonyl (C=O) groups excluding carboxylic acids is 1. The van der Waals surface area contributed by atoms with Crippen LogP contribution in [0.25, 0.3) is 0 Å². The second-order valence-corrected chi connectivity index (χ2v) is 5.77. The van der Waals surface area contributed by atoms with E-state index in [1.807, 2.05) is 0 Å². The van der Waals surface area contributed by atoms with Crippen LogP contribution in [0.1, 0.15) is 90.9 Å². The Balaban J connectivity index is 3.18. The topological polar surface area (TPSA) is 37.3 Å². The zero-order valence-electron chi connectivity index (χ0n) is 13.6. The molecule has 2 heteroatoms. The highest BCUT2D eigenvalue weighted by molar-refractivity contribution is 5.82. The lowest BCUT2D eigenvalue weighted by Crippen LogP contribution is -2.15. The molecule has 2 nitrogen and oxygen atoms in total. The van der Waals surface area contributed by atoms with Crippen LogP contribution in [0.2, 0.25) is 0 Å². The van der Waals surface area contributed by atoms with E-state index in [1.165, 1.54) is 44.9 Å². The normalized spacial score (nSPS) is 12.9. The lowest BCUT2D eigenvalue weighted by molar-refractivity contribution is -0.126. The van der Waals surface area contributed by atoms with Crippen LogP contribution in [-0.4, -0.2) is 17.0 Å². The van der Waals surface area contributed by atoms with Crippen LogP contribution in [0.3, 0.4) is 0 Å². The van der Waals surface area contributed by atoms with Gasteiger partial charge in [-0.05, 0) is 39.0 Å². The molecule has 0 bridgehead atoms. The molecule has 0 saturated carbocycles. The first kappa shape index (κ1) is 19.4. The SMILES string of the molecule is CCCCCCCC/C=C\CCCCCC(=O)[C@@H](C)O. The zero-order valence-corrected chi connectivity index (χ0v) is 13.6. The Morgan fingerprint density at radius 1 is 0.900 bits per heavy atom. The van der Waals surface area contributed by atoms with Gasteiger partial charge in [-0.3, -0.25) is 4.79 Å². The van der Waals surface area contributed by atoms with Crippen molar-refractivity contribution in [2.24, 2.45) is 0 Å². The summed E-state index contributed by atoms with van der Waals surface area (Å²) in [6.07, 6.45) is 18.0. The van der Waals surface area contributed by atoms with Gasteiger partial charge in [-0.25, -0.2) is 0 Å². The molecule has 0 unspecified atom stereocenters. The average Bonchev–Trinajstić information content (AvgIpc) is 2.43. The molecule has 0 aromatic rings. The molecule has 1 N–H and O–H groups in total. The van der Waals surface area contributed by atoms with Gasteiger partial charge in [0.2, 0.25) is 0 Å². The lowest BCUT2D eigenvalue weighted by Gasteiger charge is -2.02. The highest BCUT2D eigenvalue weighted by Gasteiger charge is 2.07. The largest absolute Gasteiger partial charge is 0.386 e. The van der Waals surface area contributed by atoms with E-state index >= 15 is 0 Å². The second-order valence-electron chi connectivity index (χ2n) is 5.77. The van der Waals surface area contributed by atoms with Gasteiger partial charge in [0, 0.05) is 6.42 Å². The van der Waals surface area contributed by atoms with Crippen LogP contribution >= 0.6 is 0 Å². The molecule has 1 atom stereocenters. The van der Waals surface area contributed by atoms with Gasteiger partial charge < -0.3 is 5.11 Å². The summed E-state index contributed by atoms with van der Waals surface area (Å²) in [7, 11) is 0. The monoisotopic (exact) mass is 282 g/mol. The molecule has 0 aromatic heterocycles. The van der Waals surface area contributed by atoms with E-state index < -0.39 is 6.10 Å². The van der Waals surface area contributed by atoms with Crippen molar-refractivity contribution in [2.45, 2.75) is 97.0 Å². The number of Topliss-reactive ketones (excluding diaryl/α,β-unsaturated/α-hetero) is 1. The summed E-state index contributed by atoms with van der Waals surface area (Å²) in [5.74, 6) is -0.0244. The standard InChI is InChI=1S/C18H34O2/c1-3-4-5-6-7-8-9-10-11-12-13-14-15-16-18(20)17(2)19/h10-11,17,19H,3-9,12-16H2,1-2H3/b11-10-/t17-/m1/s1. The second kappa shape index (κ2) is 14.8. The van der Waals surface area contributed by atoms with Gasteiger partial charge in [-0.2, -0.15) is 0 Å². The minimum Gasteiger partial charge on any atom is -0.386 e. The van der Waals surface area contributed by atoms with Gasteiger partial charge in [0.1, 0.15) is 6.10 Å². The van der Waals surface area contributed by atoms with Gasteiger partial charge in [0.15, 0.2) is 5.78 Å². The maximum Gasteiger partial charge on any atom is 0.160 e. The van der Waals surface area contributed by atoms with Crippen molar-refractivity contribution in [3.8, 4) is 0 Å². The van der Waals surface area contributed by atoms with Crippen LogP contribution in [0.4, 0.5) is 0 Å². The minimum absolute atomic E-state index is 0.0244. The maximum atomic E-state index is 11.2. The number of carbonyl (C=O) groups is 1. The fraction of sp³-hybridized carbons (Fsp3) is 0.833. The third kappa shape index (κ3) is 13.8. The Morgan fingerprint density at radius 2 is 1.40 bits per heavy atom. The molecule has 0 radical (unpaired) electrons. The van der Waals surface area contributed by atoms with Gasteiger partial charge in [-0.1, -0.05) is 57.6 Å². The summed E-state index contributed by atoms with van der Waals surface area (Å²) in [6.45, 7) is 3.80. The van der Waals surface area contributed by atoms with Crippen molar-refractivity contribution in [1.82, 2.24) is 0 Å². The maximum absolute atomic E-state index is 11.2. The van der Waals surface area contributed by atoms with Crippen LogP contribution in [0, 0.1) is 0 Å². The molecule has 0 rings (SSSR count). The summed E-state index contributed by atoms with van der Waals surface area (Å²) in [5.41, 5.74) is 0. The fourth-order valence-corrected chi connectivity index (χ4v) is 2.23. The number of rotatable bonds is 14. The number of hydrogen-bond donors (Lipinski definition) is 1. The summed E-state index contributed by atoms with van der Waals surface area (Å²) >= 11 is 0. The molecule has 0 amide bonds. The highest BCUT2D eigenvalue weighted by Crippen LogP contribution is 2.09. The summed E-state index contributed by atoms with van der Waals surface area (Å²) < 4.78 is 0. The van der Waals surface area contributed by atoms with E-state index in [4.69, 9.17) is 5.11 Å². The summed E-state index contributed by atoms with van der Waals surface area (Å²) in [5, 5.41) is 9.05. The number of aliphatic hydroxyl groups is 1. The number of allylic oxidation sites excluding steroid dienone is 2. The molecule has 118 valence electrons.